The van der Waals surface area contributed by atoms with Gasteiger partial charge in [-0.05, 0) is 0 Å². The van der Waals surface area contributed by atoms with Crippen LogP contribution in [0.1, 0.15) is 17.8 Å². The summed E-state index contributed by atoms with van der Waals surface area (Å²) in [7, 11) is 0. The molecule has 0 unspecified atom stereocenters. The quantitative estimate of drug-likeness (QED) is 0.624. The molecule has 2 N–H and O–H groups in total. The van der Waals surface area contributed by atoms with Crippen LogP contribution in [-0.2, 0) is 6.42 Å². The van der Waals surface area contributed by atoms with Crippen LogP contribution in [0.15, 0.2) is 6.07 Å². The van der Waals surface area contributed by atoms with Crippen LogP contribution in [0, 0.1) is 21.4 Å². The zero-order valence-electron chi connectivity index (χ0n) is 7.85. The highest BCUT2D eigenvalue weighted by molar-refractivity contribution is 5.54. The van der Waals surface area contributed by atoms with Gasteiger partial charge in [-0.15, -0.1) is 0 Å². The van der Waals surface area contributed by atoms with Gasteiger partial charge in [-0.2, -0.15) is 5.26 Å². The van der Waals surface area contributed by atoms with Crippen molar-refractivity contribution in [1.82, 2.24) is 4.98 Å². The number of aromatic nitrogens is 1. The number of nitrogen functional groups attached to an aromatic ring is 1. The van der Waals surface area contributed by atoms with Gasteiger partial charge in [0.1, 0.15) is 0 Å². The van der Waals surface area contributed by atoms with E-state index in [0.29, 0.717) is 0 Å². The van der Waals surface area contributed by atoms with Crippen LogP contribution in [0.5, 0.6) is 0 Å². The Morgan fingerprint density at radius 2 is 2.31 bits per heavy atom. The average molecular weight is 228 g/mol. The summed E-state index contributed by atoms with van der Waals surface area (Å²) in [6.07, 6.45) is -3.36. The van der Waals surface area contributed by atoms with Crippen molar-refractivity contribution >= 4 is 11.4 Å². The highest BCUT2D eigenvalue weighted by Gasteiger charge is 2.25. The molecule has 0 radical (unpaired) electrons. The first-order valence-electron chi connectivity index (χ1n) is 4.06. The first kappa shape index (κ1) is 11.8. The van der Waals surface area contributed by atoms with Crippen molar-refractivity contribution in [2.24, 2.45) is 0 Å². The molecule has 0 bridgehead atoms. The molecule has 6 nitrogen and oxygen atoms in total. The number of nitro groups is 1. The number of hydrogen-bond donors (Lipinski definition) is 1. The Labute approximate surface area is 88.5 Å². The molecular formula is C8H6F2N4O2. The Balaban J connectivity index is 3.38. The fourth-order valence-corrected chi connectivity index (χ4v) is 1.10. The number of hydrogen-bond acceptors (Lipinski definition) is 5. The fourth-order valence-electron chi connectivity index (χ4n) is 1.10. The second kappa shape index (κ2) is 4.48. The van der Waals surface area contributed by atoms with Gasteiger partial charge in [0.25, 0.3) is 12.1 Å². The molecular weight excluding hydrogens is 222 g/mol. The summed E-state index contributed by atoms with van der Waals surface area (Å²) in [5.74, 6) is 0. The third kappa shape index (κ3) is 2.20. The van der Waals surface area contributed by atoms with Crippen molar-refractivity contribution in [3.63, 3.8) is 0 Å². The number of pyridine rings is 1. The lowest BCUT2D eigenvalue weighted by Gasteiger charge is -2.05. The minimum Gasteiger partial charge on any atom is -0.397 e. The highest BCUT2D eigenvalue weighted by Crippen LogP contribution is 2.30. The van der Waals surface area contributed by atoms with Crippen molar-refractivity contribution in [3.05, 3.63) is 27.6 Å². The predicted molar refractivity (Wildman–Crippen MR) is 49.6 cm³/mol. The zero-order chi connectivity index (χ0) is 12.3. The van der Waals surface area contributed by atoms with Crippen LogP contribution in [-0.4, -0.2) is 9.91 Å². The zero-order valence-corrected chi connectivity index (χ0v) is 7.85. The normalized spacial score (nSPS) is 10.1. The van der Waals surface area contributed by atoms with E-state index in [-0.39, 0.29) is 17.8 Å². The van der Waals surface area contributed by atoms with Gasteiger partial charge < -0.3 is 5.73 Å². The van der Waals surface area contributed by atoms with Crippen LogP contribution in [0.2, 0.25) is 0 Å². The van der Waals surface area contributed by atoms with Crippen molar-refractivity contribution < 1.29 is 13.7 Å². The Kier molecular flexibility index (Phi) is 3.30. The summed E-state index contributed by atoms with van der Waals surface area (Å²) in [6.45, 7) is 0. The molecule has 0 atom stereocenters. The third-order valence-corrected chi connectivity index (χ3v) is 1.79. The summed E-state index contributed by atoms with van der Waals surface area (Å²) in [5, 5.41) is 18.8. The fraction of sp³-hybridized carbons (Fsp3) is 0.250. The van der Waals surface area contributed by atoms with E-state index in [9.17, 15) is 18.9 Å². The van der Waals surface area contributed by atoms with E-state index in [1.54, 1.807) is 6.07 Å². The summed E-state index contributed by atoms with van der Waals surface area (Å²) >= 11 is 0. The summed E-state index contributed by atoms with van der Waals surface area (Å²) in [4.78, 5) is 12.8. The molecule has 1 aromatic heterocycles. The molecule has 0 aromatic carbocycles. The van der Waals surface area contributed by atoms with Gasteiger partial charge in [-0.25, -0.2) is 13.8 Å². The number of halogens is 2. The number of nitriles is 1. The molecule has 0 saturated carbocycles. The van der Waals surface area contributed by atoms with Gasteiger partial charge in [0, 0.05) is 6.07 Å². The number of nitrogens with zero attached hydrogens (tertiary/aromatic N) is 3. The lowest BCUT2D eigenvalue weighted by molar-refractivity contribution is -0.386. The molecule has 16 heavy (non-hydrogen) atoms. The number of anilines is 1. The lowest BCUT2D eigenvalue weighted by atomic mass is 10.2. The lowest BCUT2D eigenvalue weighted by Crippen LogP contribution is -2.05. The van der Waals surface area contributed by atoms with Crippen LogP contribution in [0.4, 0.5) is 20.2 Å². The molecule has 0 aliphatic heterocycles. The largest absolute Gasteiger partial charge is 0.397 e. The molecule has 0 fully saturated rings. The van der Waals surface area contributed by atoms with Crippen molar-refractivity contribution in [2.75, 3.05) is 5.73 Å². The molecule has 1 heterocycles. The van der Waals surface area contributed by atoms with E-state index in [0.717, 1.165) is 6.07 Å². The van der Waals surface area contributed by atoms with Gasteiger partial charge in [-0.3, -0.25) is 10.1 Å². The number of alkyl halides is 2. The molecule has 0 saturated heterocycles. The Hall–Kier alpha value is -2.30. The SMILES string of the molecule is N#CCc1nc(C(F)F)c([N+](=O)[O-])cc1N. The van der Waals surface area contributed by atoms with Crippen LogP contribution < -0.4 is 5.73 Å². The summed E-state index contributed by atoms with van der Waals surface area (Å²) < 4.78 is 24.9. The topological polar surface area (TPSA) is 106 Å². The van der Waals surface area contributed by atoms with Crippen LogP contribution in [0.25, 0.3) is 0 Å². The summed E-state index contributed by atoms with van der Waals surface area (Å²) in [5.41, 5.74) is 3.32. The molecule has 1 aromatic rings. The second-order valence-electron chi connectivity index (χ2n) is 2.82. The Morgan fingerprint density at radius 1 is 1.69 bits per heavy atom. The number of nitrogens with two attached hydrogens (primary N) is 1. The average Bonchev–Trinajstić information content (AvgIpc) is 2.20. The predicted octanol–water partition coefficient (Wildman–Crippen LogP) is 1.58. The van der Waals surface area contributed by atoms with E-state index in [1.165, 1.54) is 0 Å². The van der Waals surface area contributed by atoms with Crippen molar-refractivity contribution in [1.29, 1.82) is 5.26 Å². The molecule has 0 spiro atoms. The molecule has 0 aliphatic carbocycles. The molecule has 8 heteroatoms. The maximum Gasteiger partial charge on any atom is 0.298 e. The third-order valence-electron chi connectivity index (χ3n) is 1.79. The monoisotopic (exact) mass is 228 g/mol. The van der Waals surface area contributed by atoms with Gasteiger partial charge in [-0.1, -0.05) is 0 Å². The molecule has 1 rings (SSSR count). The van der Waals surface area contributed by atoms with Crippen LogP contribution >= 0.6 is 0 Å². The minimum atomic E-state index is -3.08. The maximum atomic E-state index is 12.4. The standard InChI is InChI=1S/C8H6F2N4O2/c9-8(10)7-6(14(15)16)3-4(12)5(13-7)1-2-11/h3,8H,1,12H2. The van der Waals surface area contributed by atoms with Gasteiger partial charge in [0.05, 0.1) is 28.8 Å². The first-order chi connectivity index (χ1) is 7.47. The van der Waals surface area contributed by atoms with E-state index < -0.39 is 22.7 Å². The van der Waals surface area contributed by atoms with E-state index in [2.05, 4.69) is 4.98 Å². The van der Waals surface area contributed by atoms with E-state index >= 15 is 0 Å². The molecule has 0 amide bonds. The van der Waals surface area contributed by atoms with E-state index in [1.807, 2.05) is 0 Å². The Bertz CT molecular complexity index is 470. The minimum absolute atomic E-state index is 0.0802. The van der Waals surface area contributed by atoms with Crippen LogP contribution in [0.3, 0.4) is 0 Å². The smallest absolute Gasteiger partial charge is 0.298 e. The first-order valence-corrected chi connectivity index (χ1v) is 4.06. The Morgan fingerprint density at radius 3 is 2.75 bits per heavy atom. The van der Waals surface area contributed by atoms with Crippen molar-refractivity contribution in [3.8, 4) is 6.07 Å². The second-order valence-corrected chi connectivity index (χ2v) is 2.82. The van der Waals surface area contributed by atoms with Gasteiger partial charge in [0.15, 0.2) is 5.69 Å². The summed E-state index contributed by atoms with van der Waals surface area (Å²) in [6, 6.07) is 2.48. The van der Waals surface area contributed by atoms with Gasteiger partial charge in [0.2, 0.25) is 0 Å². The van der Waals surface area contributed by atoms with Gasteiger partial charge >= 0.3 is 0 Å². The van der Waals surface area contributed by atoms with Crippen molar-refractivity contribution in [2.45, 2.75) is 12.8 Å². The molecule has 0 aliphatic rings. The van der Waals surface area contributed by atoms with E-state index in [4.69, 9.17) is 11.0 Å². The number of rotatable bonds is 3. The molecule has 84 valence electrons. The maximum absolute atomic E-state index is 12.4. The highest BCUT2D eigenvalue weighted by atomic mass is 19.3.